The van der Waals surface area contributed by atoms with Gasteiger partial charge in [0.05, 0.1) is 19.6 Å². The molecule has 3 fully saturated rings. The number of allylic oxidation sites excluding steroid dienone is 1. The Morgan fingerprint density at radius 2 is 1.94 bits per heavy atom. The first-order chi connectivity index (χ1) is 15.0. The van der Waals surface area contributed by atoms with E-state index in [9.17, 15) is 4.79 Å². The monoisotopic (exact) mass is 542 g/mol. The lowest BCUT2D eigenvalue weighted by Gasteiger charge is -2.58. The van der Waals surface area contributed by atoms with Gasteiger partial charge in [-0.15, -0.1) is 0 Å². The molecule has 3 nitrogen and oxygen atoms in total. The summed E-state index contributed by atoms with van der Waals surface area (Å²) in [4.78, 5) is 12.2. The molecule has 4 heteroatoms. The van der Waals surface area contributed by atoms with Crippen LogP contribution >= 0.6 is 22.6 Å². The molecule has 0 unspecified atom stereocenters. The van der Waals surface area contributed by atoms with Crippen LogP contribution in [0.1, 0.15) is 96.8 Å². The summed E-state index contributed by atoms with van der Waals surface area (Å²) in [6.07, 6.45) is 20.2. The number of ether oxygens (including phenoxy) is 2. The Kier molecular flexibility index (Phi) is 8.10. The van der Waals surface area contributed by atoms with Gasteiger partial charge in [0.1, 0.15) is 0 Å². The first kappa shape index (κ1) is 24.0. The first-order valence-corrected chi connectivity index (χ1v) is 14.5. The number of unbranched alkanes of at least 4 members (excludes halogenated alkanes) is 3. The van der Waals surface area contributed by atoms with Crippen molar-refractivity contribution in [2.24, 2.45) is 28.6 Å². The zero-order valence-electron chi connectivity index (χ0n) is 19.8. The minimum atomic E-state index is 0.00977. The van der Waals surface area contributed by atoms with Crippen LogP contribution in [0, 0.1) is 28.6 Å². The molecule has 6 atom stereocenters. The molecule has 0 spiro atoms. The summed E-state index contributed by atoms with van der Waals surface area (Å²) in [6, 6.07) is 0. The molecule has 4 rings (SSSR count). The van der Waals surface area contributed by atoms with Gasteiger partial charge in [-0.3, -0.25) is 4.79 Å². The fourth-order valence-electron chi connectivity index (χ4n) is 8.03. The van der Waals surface area contributed by atoms with Gasteiger partial charge in [0, 0.05) is 6.61 Å². The number of carbonyl (C=O) groups is 1. The molecule has 31 heavy (non-hydrogen) atoms. The van der Waals surface area contributed by atoms with Gasteiger partial charge < -0.3 is 9.47 Å². The van der Waals surface area contributed by atoms with Gasteiger partial charge in [0.15, 0.2) is 0 Å². The lowest BCUT2D eigenvalue weighted by molar-refractivity contribution is -0.147. The fraction of sp³-hybridized carbons (Fsp3) is 0.889. The Bertz CT molecular complexity index is 661. The summed E-state index contributed by atoms with van der Waals surface area (Å²) < 4.78 is 12.7. The molecule has 3 saturated carbocycles. The van der Waals surface area contributed by atoms with Crippen molar-refractivity contribution in [1.82, 2.24) is 0 Å². The van der Waals surface area contributed by atoms with Crippen LogP contribution in [0.3, 0.4) is 0 Å². The van der Waals surface area contributed by atoms with Crippen molar-refractivity contribution < 1.29 is 14.3 Å². The molecule has 0 aromatic rings. The molecular formula is C27H43IO3. The molecular weight excluding hydrogens is 499 g/mol. The van der Waals surface area contributed by atoms with Crippen LogP contribution in [0.25, 0.3) is 0 Å². The quantitative estimate of drug-likeness (QED) is 0.101. The Balaban J connectivity index is 1.38. The van der Waals surface area contributed by atoms with E-state index >= 15 is 0 Å². The van der Waals surface area contributed by atoms with Gasteiger partial charge in [-0.05, 0) is 97.2 Å². The van der Waals surface area contributed by atoms with Crippen molar-refractivity contribution in [1.29, 1.82) is 0 Å². The summed E-state index contributed by atoms with van der Waals surface area (Å²) in [5, 5.41) is 0. The van der Waals surface area contributed by atoms with E-state index in [4.69, 9.17) is 9.47 Å². The molecule has 0 bridgehead atoms. The number of methoxy groups -OCH3 is 1. The fourth-order valence-corrected chi connectivity index (χ4v) is 8.57. The lowest BCUT2D eigenvalue weighted by atomic mass is 9.47. The lowest BCUT2D eigenvalue weighted by Crippen LogP contribution is -2.50. The number of esters is 1. The van der Waals surface area contributed by atoms with Crippen LogP contribution in [0.4, 0.5) is 0 Å². The molecule has 0 radical (unpaired) electrons. The molecule has 0 aromatic heterocycles. The van der Waals surface area contributed by atoms with Crippen molar-refractivity contribution in [3.05, 3.63) is 11.6 Å². The average molecular weight is 543 g/mol. The van der Waals surface area contributed by atoms with E-state index in [2.05, 4.69) is 35.6 Å². The normalized spacial score (nSPS) is 39.3. The number of hydrogen-bond acceptors (Lipinski definition) is 3. The van der Waals surface area contributed by atoms with Gasteiger partial charge in [-0.1, -0.05) is 60.4 Å². The van der Waals surface area contributed by atoms with Gasteiger partial charge >= 0.3 is 5.97 Å². The zero-order chi connectivity index (χ0) is 21.9. The number of carbonyl (C=O) groups excluding carboxylic acids is 1. The third-order valence-corrected chi connectivity index (χ3v) is 10.5. The van der Waals surface area contributed by atoms with Gasteiger partial charge in [-0.2, -0.15) is 0 Å². The van der Waals surface area contributed by atoms with E-state index < -0.39 is 0 Å². The third-order valence-electron chi connectivity index (χ3n) is 9.69. The Labute approximate surface area is 203 Å². The number of rotatable bonds is 9. The minimum absolute atomic E-state index is 0.00977. The second-order valence-corrected chi connectivity index (χ2v) is 12.2. The molecule has 0 N–H and O–H groups in total. The van der Waals surface area contributed by atoms with E-state index in [1.165, 1.54) is 81.5 Å². The van der Waals surface area contributed by atoms with E-state index in [0.717, 1.165) is 30.8 Å². The van der Waals surface area contributed by atoms with Crippen molar-refractivity contribution in [3.63, 3.8) is 0 Å². The van der Waals surface area contributed by atoms with Gasteiger partial charge in [0.2, 0.25) is 0 Å². The van der Waals surface area contributed by atoms with Crippen molar-refractivity contribution in [3.8, 4) is 0 Å². The molecule has 0 aromatic carbocycles. The highest BCUT2D eigenvalue weighted by molar-refractivity contribution is 14.1. The molecule has 176 valence electrons. The number of halogens is 1. The summed E-state index contributed by atoms with van der Waals surface area (Å²) in [5.74, 6) is 2.30. The smallest absolute Gasteiger partial charge is 0.306 e. The number of hydrogen-bond donors (Lipinski definition) is 0. The highest BCUT2D eigenvalue weighted by Crippen LogP contribution is 2.66. The van der Waals surface area contributed by atoms with Crippen LogP contribution in [0.2, 0.25) is 0 Å². The SMILES string of the molecule is COC(=O)C[C@@]12CCC[C@H]1[C@@H]1CC=C3C[C@@H](OCCCCCCI)CC[C@]3(C)[C@H]1CC2. The van der Waals surface area contributed by atoms with Crippen LogP contribution in [0.15, 0.2) is 11.6 Å². The van der Waals surface area contributed by atoms with Crippen molar-refractivity contribution in [2.45, 2.75) is 103 Å². The van der Waals surface area contributed by atoms with Gasteiger partial charge in [0.25, 0.3) is 0 Å². The Morgan fingerprint density at radius 3 is 2.74 bits per heavy atom. The maximum Gasteiger partial charge on any atom is 0.306 e. The summed E-state index contributed by atoms with van der Waals surface area (Å²) in [6.45, 7) is 3.51. The highest BCUT2D eigenvalue weighted by atomic mass is 127. The molecule has 0 amide bonds. The second kappa shape index (κ2) is 10.4. The maximum absolute atomic E-state index is 12.2. The average Bonchev–Trinajstić information content (AvgIpc) is 3.20. The largest absolute Gasteiger partial charge is 0.469 e. The molecule has 4 aliphatic rings. The Morgan fingerprint density at radius 1 is 1.10 bits per heavy atom. The predicted octanol–water partition coefficient (Wildman–Crippen LogP) is 7.26. The number of fused-ring (bicyclic) bond motifs is 5. The molecule has 4 aliphatic carbocycles. The molecule has 0 aliphatic heterocycles. The summed E-state index contributed by atoms with van der Waals surface area (Å²) in [5.41, 5.74) is 2.30. The van der Waals surface area contributed by atoms with E-state index in [1.54, 1.807) is 12.7 Å². The van der Waals surface area contributed by atoms with E-state index in [1.807, 2.05) is 0 Å². The van der Waals surface area contributed by atoms with Crippen LogP contribution in [-0.4, -0.2) is 30.2 Å². The maximum atomic E-state index is 12.2. The summed E-state index contributed by atoms with van der Waals surface area (Å²) in [7, 11) is 1.55. The van der Waals surface area contributed by atoms with Crippen LogP contribution in [0.5, 0.6) is 0 Å². The summed E-state index contributed by atoms with van der Waals surface area (Å²) >= 11 is 2.47. The first-order valence-electron chi connectivity index (χ1n) is 13.0. The highest BCUT2D eigenvalue weighted by Gasteiger charge is 2.57. The van der Waals surface area contributed by atoms with Crippen molar-refractivity contribution >= 4 is 28.6 Å². The van der Waals surface area contributed by atoms with Crippen LogP contribution in [-0.2, 0) is 14.3 Å². The minimum Gasteiger partial charge on any atom is -0.469 e. The van der Waals surface area contributed by atoms with Crippen molar-refractivity contribution in [2.75, 3.05) is 18.1 Å². The topological polar surface area (TPSA) is 35.5 Å². The Hall–Kier alpha value is -0.100. The predicted molar refractivity (Wildman–Crippen MR) is 134 cm³/mol. The third kappa shape index (κ3) is 4.90. The van der Waals surface area contributed by atoms with Crippen LogP contribution < -0.4 is 0 Å². The van der Waals surface area contributed by atoms with Gasteiger partial charge in [-0.25, -0.2) is 0 Å². The molecule has 0 heterocycles. The molecule has 0 saturated heterocycles. The standard InChI is InChI=1S/C27H43IO3/c1-26-14-11-21(31-17-6-4-3-5-16-28)18-20(26)9-10-22-23(26)12-15-27(19-25(29)30-2)13-7-8-24(22)27/h9,21-24H,3-8,10-19H2,1-2H3/t21-,22+,23-,24-,26-,27-/m0/s1. The van der Waals surface area contributed by atoms with E-state index in [0.29, 0.717) is 17.9 Å². The second-order valence-electron chi connectivity index (χ2n) is 11.1. The number of alkyl halides is 1. The van der Waals surface area contributed by atoms with E-state index in [-0.39, 0.29) is 11.4 Å². The zero-order valence-corrected chi connectivity index (χ0v) is 22.0.